The predicted octanol–water partition coefficient (Wildman–Crippen LogP) is 1.34. The third-order valence-corrected chi connectivity index (χ3v) is 1.99. The van der Waals surface area contributed by atoms with Crippen molar-refractivity contribution in [3.05, 3.63) is 39.5 Å². The minimum Gasteiger partial charge on any atom is -0.393 e. The Kier molecular flexibility index (Phi) is 36.5. The molecule has 7 nitrogen and oxygen atoms in total. The van der Waals surface area contributed by atoms with Gasteiger partial charge in [-0.3, -0.25) is 4.79 Å². The summed E-state index contributed by atoms with van der Waals surface area (Å²) < 4.78 is 7.96. The topological polar surface area (TPSA) is 122 Å². The van der Waals surface area contributed by atoms with E-state index in [0.29, 0.717) is 0 Å². The maximum Gasteiger partial charge on any atom is 0.403 e. The van der Waals surface area contributed by atoms with Crippen LogP contribution in [0.2, 0.25) is 0 Å². The average Bonchev–Trinajstić information content (AvgIpc) is 2.35. The number of hydrogen-bond acceptors (Lipinski definition) is 7. The quantitative estimate of drug-likeness (QED) is 0.454. The number of carbonyl (C=O) groups is 1. The zero-order chi connectivity index (χ0) is 14.9. The lowest BCUT2D eigenvalue weighted by molar-refractivity contribution is -0.133. The largest absolute Gasteiger partial charge is 0.403 e. The monoisotopic (exact) mass is 287 g/mol. The Hall–Kier alpha value is -0.650. The average molecular weight is 287 g/mol. The van der Waals surface area contributed by atoms with E-state index < -0.39 is 29.7 Å². The highest BCUT2D eigenvalue weighted by Gasteiger charge is 2.16. The first-order valence-corrected chi connectivity index (χ1v) is 6.11. The van der Waals surface area contributed by atoms with Crippen molar-refractivity contribution in [2.75, 3.05) is 6.54 Å². The Morgan fingerprint density at radius 1 is 1.06 bits per heavy atom. The minimum atomic E-state index is -2.71. The maximum absolute atomic E-state index is 10.3. The summed E-state index contributed by atoms with van der Waals surface area (Å²) >= 11 is 0. The molecule has 0 aliphatic carbocycles. The molecule has 1 atom stereocenters. The standard InChI is InChI=1S/C2H7NO6P2.3C2H4/c3-1-2(4)8-11(7)9-10(5)6;3*1-2/h5-7H,1,3H2;3*1-2H2. The van der Waals surface area contributed by atoms with E-state index >= 15 is 0 Å². The summed E-state index contributed by atoms with van der Waals surface area (Å²) in [5.41, 5.74) is 4.80. The van der Waals surface area contributed by atoms with Crippen LogP contribution in [0.15, 0.2) is 39.5 Å². The fourth-order valence-corrected chi connectivity index (χ4v) is 1.09. The summed E-state index contributed by atoms with van der Waals surface area (Å²) in [6.45, 7) is 17.6. The molecule has 0 aromatic heterocycles. The Balaban J connectivity index is -0.000000121. The highest BCUT2D eigenvalue weighted by atomic mass is 31.2. The summed E-state index contributed by atoms with van der Waals surface area (Å²) in [6, 6.07) is 0. The molecule has 0 aliphatic heterocycles. The van der Waals surface area contributed by atoms with Crippen LogP contribution in [0, 0.1) is 0 Å². The molecule has 0 radical (unpaired) electrons. The molecular weight excluding hydrogens is 268 g/mol. The van der Waals surface area contributed by atoms with E-state index in [9.17, 15) is 4.79 Å². The van der Waals surface area contributed by atoms with Crippen LogP contribution in [0.4, 0.5) is 0 Å². The predicted molar refractivity (Wildman–Crippen MR) is 70.5 cm³/mol. The third-order valence-electron chi connectivity index (χ3n) is 0.489. The van der Waals surface area contributed by atoms with Gasteiger partial charge in [0.1, 0.15) is 0 Å². The van der Waals surface area contributed by atoms with E-state index in [0.717, 1.165) is 0 Å². The molecule has 0 saturated heterocycles. The molecule has 0 aromatic carbocycles. The van der Waals surface area contributed by atoms with Crippen molar-refractivity contribution in [3.8, 4) is 0 Å². The van der Waals surface area contributed by atoms with Crippen molar-refractivity contribution >= 4 is 23.2 Å². The smallest absolute Gasteiger partial charge is 0.393 e. The fraction of sp³-hybridized carbons (Fsp3) is 0.125. The molecule has 102 valence electrons. The van der Waals surface area contributed by atoms with Gasteiger partial charge in [-0.2, -0.15) is 0 Å². The third kappa shape index (κ3) is 31.3. The van der Waals surface area contributed by atoms with Crippen LogP contribution in [0.5, 0.6) is 0 Å². The molecule has 0 bridgehead atoms. The van der Waals surface area contributed by atoms with E-state index in [4.69, 9.17) is 20.4 Å². The van der Waals surface area contributed by atoms with Crippen molar-refractivity contribution < 1.29 is 28.3 Å². The number of rotatable bonds is 4. The fourth-order valence-electron chi connectivity index (χ4n) is 0.204. The molecule has 5 N–H and O–H groups in total. The summed E-state index contributed by atoms with van der Waals surface area (Å²) in [4.78, 5) is 35.1. The number of nitrogens with two attached hydrogens (primary N) is 1. The molecule has 0 heterocycles. The second-order valence-electron chi connectivity index (χ2n) is 1.24. The highest BCUT2D eigenvalue weighted by Crippen LogP contribution is 2.46. The zero-order valence-electron chi connectivity index (χ0n) is 9.49. The van der Waals surface area contributed by atoms with Crippen LogP contribution in [0.25, 0.3) is 0 Å². The van der Waals surface area contributed by atoms with Gasteiger partial charge in [-0.25, -0.2) is 4.31 Å². The molecule has 0 aliphatic rings. The van der Waals surface area contributed by atoms with Crippen molar-refractivity contribution in [1.82, 2.24) is 0 Å². The molecule has 0 fully saturated rings. The Labute approximate surface area is 104 Å². The first-order chi connectivity index (χ1) is 8.06. The Bertz CT molecular complexity index is 167. The van der Waals surface area contributed by atoms with Crippen LogP contribution >= 0.6 is 17.2 Å². The van der Waals surface area contributed by atoms with Crippen molar-refractivity contribution in [2.45, 2.75) is 0 Å². The van der Waals surface area contributed by atoms with Crippen LogP contribution in [-0.4, -0.2) is 27.2 Å². The van der Waals surface area contributed by atoms with Gasteiger partial charge in [0, 0.05) is 0 Å². The van der Waals surface area contributed by atoms with Crippen molar-refractivity contribution in [2.24, 2.45) is 5.73 Å². The van der Waals surface area contributed by atoms with Crippen LogP contribution in [0.1, 0.15) is 0 Å². The number of carbonyl (C=O) groups excluding carboxylic acids is 1. The van der Waals surface area contributed by atoms with Crippen molar-refractivity contribution in [3.63, 3.8) is 0 Å². The normalized spacial score (nSPS) is 9.24. The maximum atomic E-state index is 10.3. The van der Waals surface area contributed by atoms with Gasteiger partial charge in [0.05, 0.1) is 6.54 Å². The van der Waals surface area contributed by atoms with Crippen molar-refractivity contribution in [1.29, 1.82) is 0 Å². The van der Waals surface area contributed by atoms with Gasteiger partial charge in [0.15, 0.2) is 0 Å². The first-order valence-electron chi connectivity index (χ1n) is 3.82. The van der Waals surface area contributed by atoms with Gasteiger partial charge in [0.25, 0.3) is 0 Å². The summed E-state index contributed by atoms with van der Waals surface area (Å²) in [5.74, 6) is -0.879. The van der Waals surface area contributed by atoms with Crippen LogP contribution < -0.4 is 5.73 Å². The van der Waals surface area contributed by atoms with E-state index in [1.54, 1.807) is 0 Å². The SMILES string of the molecule is C=C.C=C.C=C.NCC(=O)OP(O)OP(O)O. The minimum absolute atomic E-state index is 0.405. The molecule has 0 aromatic rings. The lowest BCUT2D eigenvalue weighted by Gasteiger charge is -2.08. The van der Waals surface area contributed by atoms with Gasteiger partial charge in [-0.15, -0.1) is 39.5 Å². The van der Waals surface area contributed by atoms with E-state index in [2.05, 4.69) is 48.3 Å². The van der Waals surface area contributed by atoms with Gasteiger partial charge < -0.3 is 24.9 Å². The summed E-state index contributed by atoms with van der Waals surface area (Å²) in [7, 11) is -5.28. The molecule has 0 spiro atoms. The molecule has 1 unspecified atom stereocenters. The second kappa shape index (κ2) is 24.5. The first kappa shape index (κ1) is 25.3. The molecule has 17 heavy (non-hydrogen) atoms. The van der Waals surface area contributed by atoms with E-state index in [-0.39, 0.29) is 0 Å². The van der Waals surface area contributed by atoms with Gasteiger partial charge >= 0.3 is 23.2 Å². The summed E-state index contributed by atoms with van der Waals surface area (Å²) in [5, 5.41) is 0. The second-order valence-corrected chi connectivity index (χ2v) is 3.06. The lowest BCUT2D eigenvalue weighted by Crippen LogP contribution is -2.14. The molecule has 9 heteroatoms. The molecule has 0 saturated carbocycles. The number of hydrogen-bond donors (Lipinski definition) is 4. The van der Waals surface area contributed by atoms with E-state index in [1.165, 1.54) is 0 Å². The molecule has 0 rings (SSSR count). The Morgan fingerprint density at radius 2 is 1.41 bits per heavy atom. The molecule has 0 amide bonds. The van der Waals surface area contributed by atoms with Gasteiger partial charge in [0.2, 0.25) is 0 Å². The van der Waals surface area contributed by atoms with Gasteiger partial charge in [-0.1, -0.05) is 0 Å². The van der Waals surface area contributed by atoms with Crippen LogP contribution in [0.3, 0.4) is 0 Å². The summed E-state index contributed by atoms with van der Waals surface area (Å²) in [6.07, 6.45) is 0. The Morgan fingerprint density at radius 3 is 1.65 bits per heavy atom. The lowest BCUT2D eigenvalue weighted by atomic mass is 10.7. The highest BCUT2D eigenvalue weighted by molar-refractivity contribution is 7.54. The van der Waals surface area contributed by atoms with Crippen LogP contribution in [-0.2, 0) is 13.6 Å². The van der Waals surface area contributed by atoms with Gasteiger partial charge in [-0.05, 0) is 0 Å². The zero-order valence-corrected chi connectivity index (χ0v) is 11.3. The van der Waals surface area contributed by atoms with E-state index in [1.807, 2.05) is 0 Å². The molecular formula is C8H19NO6P2.